The number of hydrogen-bond donors (Lipinski definition) is 3. The maximum absolute atomic E-state index is 11.7. The molecular formula is C21H30N4O3S. The number of aryl methyl sites for hydroxylation is 1. The van der Waals surface area contributed by atoms with Gasteiger partial charge in [-0.15, -0.1) is 0 Å². The lowest BCUT2D eigenvalue weighted by Gasteiger charge is -2.15. The molecule has 2 aromatic rings. The van der Waals surface area contributed by atoms with Gasteiger partial charge >= 0.3 is 0 Å². The summed E-state index contributed by atoms with van der Waals surface area (Å²) in [6.07, 6.45) is 0. The van der Waals surface area contributed by atoms with Gasteiger partial charge in [0.25, 0.3) is 0 Å². The van der Waals surface area contributed by atoms with Crippen LogP contribution in [0.5, 0.6) is 5.75 Å². The summed E-state index contributed by atoms with van der Waals surface area (Å²) in [4.78, 5) is 4.25. The Morgan fingerprint density at radius 3 is 2.48 bits per heavy atom. The lowest BCUT2D eigenvalue weighted by molar-refractivity contribution is 0.336. The first-order valence-corrected chi connectivity index (χ1v) is 11.2. The molecule has 0 fully saturated rings. The second-order valence-electron chi connectivity index (χ2n) is 6.61. The average Bonchev–Trinajstić information content (AvgIpc) is 2.69. The van der Waals surface area contributed by atoms with E-state index in [-0.39, 0.29) is 5.75 Å². The van der Waals surface area contributed by atoms with E-state index in [0.29, 0.717) is 25.7 Å². The van der Waals surface area contributed by atoms with Crippen molar-refractivity contribution in [2.45, 2.75) is 32.7 Å². The van der Waals surface area contributed by atoms with Crippen molar-refractivity contribution in [3.8, 4) is 5.75 Å². The van der Waals surface area contributed by atoms with E-state index < -0.39 is 10.0 Å². The Morgan fingerprint density at radius 1 is 1.07 bits per heavy atom. The highest BCUT2D eigenvalue weighted by Gasteiger charge is 2.09. The normalized spacial score (nSPS) is 11.9. The molecule has 0 unspecified atom stereocenters. The number of nitrogens with one attached hydrogen (secondary N) is 3. The fourth-order valence-electron chi connectivity index (χ4n) is 2.80. The summed E-state index contributed by atoms with van der Waals surface area (Å²) in [7, 11) is -0.165. The fraction of sp³-hybridized carbons (Fsp3) is 0.381. The van der Waals surface area contributed by atoms with Gasteiger partial charge in [-0.2, -0.15) is 0 Å². The number of guanidine groups is 1. The second kappa shape index (κ2) is 10.8. The Labute approximate surface area is 173 Å². The van der Waals surface area contributed by atoms with Gasteiger partial charge in [0, 0.05) is 25.7 Å². The maximum Gasteiger partial charge on any atom is 0.215 e. The third kappa shape index (κ3) is 7.40. The minimum atomic E-state index is -3.29. The summed E-state index contributed by atoms with van der Waals surface area (Å²) in [5.41, 5.74) is 3.92. The number of aliphatic imine (C=N–C) groups is 1. The van der Waals surface area contributed by atoms with Gasteiger partial charge in [-0.1, -0.05) is 36.4 Å². The summed E-state index contributed by atoms with van der Waals surface area (Å²) in [5.74, 6) is 1.48. The SMILES string of the molecule is CCOc1cc(C)ccc1CNC(=NC)NCc1cccc(CS(=O)(=O)NC)c1. The average molecular weight is 419 g/mol. The van der Waals surface area contributed by atoms with E-state index in [1.54, 1.807) is 13.1 Å². The molecule has 0 radical (unpaired) electrons. The van der Waals surface area contributed by atoms with Crippen LogP contribution in [0.4, 0.5) is 0 Å². The molecule has 0 aliphatic carbocycles. The third-order valence-corrected chi connectivity index (χ3v) is 5.65. The first-order valence-electron chi connectivity index (χ1n) is 9.52. The van der Waals surface area contributed by atoms with E-state index >= 15 is 0 Å². The van der Waals surface area contributed by atoms with Gasteiger partial charge in [0.2, 0.25) is 10.0 Å². The number of hydrogen-bond acceptors (Lipinski definition) is 4. The standard InChI is InChI=1S/C21H30N4O3S/c1-5-28-20-11-16(2)9-10-19(20)14-25-21(22-3)24-13-17-7-6-8-18(12-17)15-29(26,27)23-4/h6-12,23H,5,13-15H2,1-4H3,(H2,22,24,25). The molecule has 0 aliphatic heterocycles. The molecular weight excluding hydrogens is 388 g/mol. The molecule has 0 amide bonds. The number of rotatable bonds is 9. The summed E-state index contributed by atoms with van der Waals surface area (Å²) in [6, 6.07) is 13.6. The number of sulfonamides is 1. The summed E-state index contributed by atoms with van der Waals surface area (Å²) < 4.78 is 31.5. The van der Waals surface area contributed by atoms with Crippen LogP contribution in [0, 0.1) is 6.92 Å². The Kier molecular flexibility index (Phi) is 8.48. The Morgan fingerprint density at radius 2 is 1.79 bits per heavy atom. The number of ether oxygens (including phenoxy) is 1. The monoisotopic (exact) mass is 418 g/mol. The zero-order chi connectivity index (χ0) is 21.3. The second-order valence-corrected chi connectivity index (χ2v) is 8.53. The predicted octanol–water partition coefficient (Wildman–Crippen LogP) is 2.31. The molecule has 0 bridgehead atoms. The molecule has 0 atom stereocenters. The van der Waals surface area contributed by atoms with E-state index in [1.807, 2.05) is 44.2 Å². The molecule has 7 nitrogen and oxygen atoms in total. The van der Waals surface area contributed by atoms with Gasteiger partial charge in [-0.05, 0) is 43.7 Å². The zero-order valence-electron chi connectivity index (χ0n) is 17.5. The Balaban J connectivity index is 1.96. The lowest BCUT2D eigenvalue weighted by Crippen LogP contribution is -2.36. The zero-order valence-corrected chi connectivity index (χ0v) is 18.3. The molecule has 158 valence electrons. The van der Waals surface area contributed by atoms with Gasteiger partial charge in [0.05, 0.1) is 12.4 Å². The quantitative estimate of drug-likeness (QED) is 0.429. The third-order valence-electron chi connectivity index (χ3n) is 4.31. The molecule has 0 aromatic heterocycles. The number of benzene rings is 2. The largest absolute Gasteiger partial charge is 0.494 e. The van der Waals surface area contributed by atoms with Crippen LogP contribution in [0.1, 0.15) is 29.2 Å². The topological polar surface area (TPSA) is 91.8 Å². The molecule has 29 heavy (non-hydrogen) atoms. The van der Waals surface area contributed by atoms with E-state index in [1.165, 1.54) is 7.05 Å². The van der Waals surface area contributed by atoms with Gasteiger partial charge < -0.3 is 15.4 Å². The van der Waals surface area contributed by atoms with E-state index in [4.69, 9.17) is 4.74 Å². The Bertz CT molecular complexity index is 943. The lowest BCUT2D eigenvalue weighted by atomic mass is 10.1. The van der Waals surface area contributed by atoms with Gasteiger partial charge in [0.15, 0.2) is 5.96 Å². The van der Waals surface area contributed by atoms with Crippen LogP contribution >= 0.6 is 0 Å². The van der Waals surface area contributed by atoms with E-state index in [2.05, 4.69) is 26.4 Å². The molecule has 0 heterocycles. The molecule has 2 aromatic carbocycles. The van der Waals surface area contributed by atoms with Crippen LogP contribution in [-0.4, -0.2) is 35.1 Å². The summed E-state index contributed by atoms with van der Waals surface area (Å²) in [5, 5.41) is 6.55. The van der Waals surface area contributed by atoms with Crippen LogP contribution in [-0.2, 0) is 28.9 Å². The van der Waals surface area contributed by atoms with Crippen LogP contribution in [0.25, 0.3) is 0 Å². The van der Waals surface area contributed by atoms with Crippen molar-refractivity contribution in [1.29, 1.82) is 0 Å². The van der Waals surface area contributed by atoms with Crippen LogP contribution in [0.15, 0.2) is 47.5 Å². The van der Waals surface area contributed by atoms with Crippen molar-refractivity contribution in [2.24, 2.45) is 4.99 Å². The minimum Gasteiger partial charge on any atom is -0.494 e. The first-order chi connectivity index (χ1) is 13.9. The Hall–Kier alpha value is -2.58. The van der Waals surface area contributed by atoms with Crippen molar-refractivity contribution in [3.05, 3.63) is 64.7 Å². The minimum absolute atomic E-state index is 0.0437. The van der Waals surface area contributed by atoms with Crippen molar-refractivity contribution >= 4 is 16.0 Å². The van der Waals surface area contributed by atoms with Crippen molar-refractivity contribution in [3.63, 3.8) is 0 Å². The van der Waals surface area contributed by atoms with Crippen molar-refractivity contribution in [2.75, 3.05) is 20.7 Å². The van der Waals surface area contributed by atoms with Gasteiger partial charge in [0.1, 0.15) is 5.75 Å². The highest BCUT2D eigenvalue weighted by Crippen LogP contribution is 2.20. The molecule has 3 N–H and O–H groups in total. The number of nitrogens with zero attached hydrogens (tertiary/aromatic N) is 1. The highest BCUT2D eigenvalue weighted by molar-refractivity contribution is 7.88. The first kappa shape index (κ1) is 22.7. The summed E-state index contributed by atoms with van der Waals surface area (Å²) in [6.45, 7) is 5.73. The van der Waals surface area contributed by atoms with Crippen LogP contribution in [0.2, 0.25) is 0 Å². The van der Waals surface area contributed by atoms with Gasteiger partial charge in [-0.25, -0.2) is 13.1 Å². The predicted molar refractivity (Wildman–Crippen MR) is 118 cm³/mol. The fourth-order valence-corrected chi connectivity index (χ4v) is 3.57. The van der Waals surface area contributed by atoms with Crippen LogP contribution < -0.4 is 20.1 Å². The maximum atomic E-state index is 11.7. The van der Waals surface area contributed by atoms with E-state index in [9.17, 15) is 8.42 Å². The van der Waals surface area contributed by atoms with Crippen molar-refractivity contribution in [1.82, 2.24) is 15.4 Å². The van der Waals surface area contributed by atoms with Crippen molar-refractivity contribution < 1.29 is 13.2 Å². The molecule has 0 aliphatic rings. The molecule has 0 saturated carbocycles. The van der Waals surface area contributed by atoms with Gasteiger partial charge in [-0.3, -0.25) is 4.99 Å². The molecule has 0 saturated heterocycles. The molecule has 2 rings (SSSR count). The highest BCUT2D eigenvalue weighted by atomic mass is 32.2. The van der Waals surface area contributed by atoms with E-state index in [0.717, 1.165) is 28.0 Å². The van der Waals surface area contributed by atoms with Crippen LogP contribution in [0.3, 0.4) is 0 Å². The molecule has 0 spiro atoms. The summed E-state index contributed by atoms with van der Waals surface area (Å²) >= 11 is 0. The smallest absolute Gasteiger partial charge is 0.215 e. The molecule has 8 heteroatoms.